The van der Waals surface area contributed by atoms with Crippen molar-refractivity contribution in [1.82, 2.24) is 0 Å². The third-order valence-corrected chi connectivity index (χ3v) is 2.57. The molecular weight excluding hydrogens is 258 g/mol. The van der Waals surface area contributed by atoms with Crippen LogP contribution in [0.15, 0.2) is 12.1 Å². The smallest absolute Gasteiger partial charge is 0.295 e. The predicted octanol–water partition coefficient (Wildman–Crippen LogP) is 2.42. The summed E-state index contributed by atoms with van der Waals surface area (Å²) in [5.41, 5.74) is 6.14. The summed E-state index contributed by atoms with van der Waals surface area (Å²) in [5.74, 6) is 0.111. The summed E-state index contributed by atoms with van der Waals surface area (Å²) in [6.07, 6.45) is 0.269. The number of rotatable bonds is 6. The van der Waals surface area contributed by atoms with E-state index in [1.165, 1.54) is 12.1 Å². The van der Waals surface area contributed by atoms with Crippen LogP contribution in [-0.4, -0.2) is 23.1 Å². The number of nitro benzene ring substituents is 1. The lowest BCUT2D eigenvalue weighted by atomic mass is 10.1. The molecule has 0 spiro atoms. The normalized spacial score (nSPS) is 10.1. The van der Waals surface area contributed by atoms with Crippen LogP contribution in [0, 0.1) is 10.1 Å². The first kappa shape index (κ1) is 14.2. The zero-order valence-electron chi connectivity index (χ0n) is 9.90. The van der Waals surface area contributed by atoms with Gasteiger partial charge in [0.2, 0.25) is 0 Å². The molecule has 0 saturated carbocycles. The number of anilines is 2. The molecule has 0 fully saturated rings. The quantitative estimate of drug-likeness (QED) is 0.272. The van der Waals surface area contributed by atoms with Crippen LogP contribution in [0.2, 0.25) is 0 Å². The van der Waals surface area contributed by atoms with E-state index in [1.54, 1.807) is 6.92 Å². The molecule has 0 amide bonds. The number of carbonyl (C=O) groups excluding carboxylic acids is 1. The largest absolute Gasteiger partial charge is 0.397 e. The van der Waals surface area contributed by atoms with Crippen molar-refractivity contribution < 1.29 is 9.72 Å². The fraction of sp³-hybridized carbons (Fsp3) is 0.364. The van der Waals surface area contributed by atoms with Crippen molar-refractivity contribution in [3.8, 4) is 0 Å². The van der Waals surface area contributed by atoms with Crippen LogP contribution in [0.3, 0.4) is 0 Å². The summed E-state index contributed by atoms with van der Waals surface area (Å²) < 4.78 is 0. The zero-order chi connectivity index (χ0) is 13.7. The van der Waals surface area contributed by atoms with Gasteiger partial charge in [-0.05, 0) is 6.07 Å². The van der Waals surface area contributed by atoms with Crippen molar-refractivity contribution >= 4 is 34.4 Å². The second-order valence-electron chi connectivity index (χ2n) is 3.61. The Kier molecular flexibility index (Phi) is 4.91. The molecule has 0 aliphatic carbocycles. The van der Waals surface area contributed by atoms with E-state index in [4.69, 9.17) is 17.3 Å². The van der Waals surface area contributed by atoms with Gasteiger partial charge in [0, 0.05) is 30.5 Å². The van der Waals surface area contributed by atoms with Crippen LogP contribution in [0.1, 0.15) is 23.7 Å². The number of halogens is 1. The van der Waals surface area contributed by atoms with Crippen molar-refractivity contribution in [3.63, 3.8) is 0 Å². The lowest BCUT2D eigenvalue weighted by molar-refractivity contribution is -0.383. The summed E-state index contributed by atoms with van der Waals surface area (Å²) in [7, 11) is 0. The average Bonchev–Trinajstić information content (AvgIpc) is 2.35. The first-order valence-corrected chi connectivity index (χ1v) is 5.95. The molecule has 0 aromatic heterocycles. The topological polar surface area (TPSA) is 98.3 Å². The molecule has 0 atom stereocenters. The molecule has 7 heteroatoms. The number of alkyl halides is 1. The van der Waals surface area contributed by atoms with Crippen LogP contribution >= 0.6 is 11.6 Å². The lowest BCUT2D eigenvalue weighted by Crippen LogP contribution is -2.09. The second kappa shape index (κ2) is 6.20. The number of hydrogen-bond donors (Lipinski definition) is 2. The molecule has 98 valence electrons. The highest BCUT2D eigenvalue weighted by atomic mass is 35.5. The van der Waals surface area contributed by atoms with Gasteiger partial charge in [-0.3, -0.25) is 14.9 Å². The van der Waals surface area contributed by atoms with E-state index in [9.17, 15) is 14.9 Å². The molecule has 1 aromatic rings. The number of nitrogens with one attached hydrogen (secondary N) is 1. The van der Waals surface area contributed by atoms with Crippen LogP contribution in [0.5, 0.6) is 0 Å². The third-order valence-electron chi connectivity index (χ3n) is 2.38. The van der Waals surface area contributed by atoms with E-state index in [-0.39, 0.29) is 34.8 Å². The molecule has 0 saturated heterocycles. The second-order valence-corrected chi connectivity index (χ2v) is 3.99. The van der Waals surface area contributed by atoms with Gasteiger partial charge < -0.3 is 11.1 Å². The summed E-state index contributed by atoms with van der Waals surface area (Å²) in [6, 6.07) is 2.67. The maximum absolute atomic E-state index is 11.5. The molecule has 18 heavy (non-hydrogen) atoms. The number of benzene rings is 1. The van der Waals surface area contributed by atoms with Crippen molar-refractivity contribution in [2.24, 2.45) is 0 Å². The summed E-state index contributed by atoms with van der Waals surface area (Å²) in [4.78, 5) is 21.9. The number of nitrogen functional groups attached to an aromatic ring is 1. The van der Waals surface area contributed by atoms with Gasteiger partial charge in [0.1, 0.15) is 5.69 Å². The van der Waals surface area contributed by atoms with Crippen LogP contribution in [-0.2, 0) is 0 Å². The van der Waals surface area contributed by atoms with Gasteiger partial charge >= 0.3 is 0 Å². The molecule has 0 radical (unpaired) electrons. The van der Waals surface area contributed by atoms with Crippen LogP contribution in [0.4, 0.5) is 17.1 Å². The fourth-order valence-electron chi connectivity index (χ4n) is 1.52. The molecule has 1 aromatic carbocycles. The average molecular weight is 272 g/mol. The molecule has 1 rings (SSSR count). The third kappa shape index (κ3) is 3.10. The Balaban J connectivity index is 3.26. The monoisotopic (exact) mass is 271 g/mol. The summed E-state index contributed by atoms with van der Waals surface area (Å²) in [6.45, 7) is 2.04. The molecule has 0 aliphatic heterocycles. The van der Waals surface area contributed by atoms with Crippen LogP contribution in [0.25, 0.3) is 0 Å². The van der Waals surface area contributed by atoms with Gasteiger partial charge in [0.25, 0.3) is 5.69 Å². The van der Waals surface area contributed by atoms with E-state index in [0.29, 0.717) is 12.4 Å². The fourth-order valence-corrected chi connectivity index (χ4v) is 1.62. The maximum Gasteiger partial charge on any atom is 0.295 e. The summed E-state index contributed by atoms with van der Waals surface area (Å²) in [5, 5.41) is 13.8. The zero-order valence-corrected chi connectivity index (χ0v) is 10.7. The molecule has 6 nitrogen and oxygen atoms in total. The Morgan fingerprint density at radius 3 is 2.72 bits per heavy atom. The van der Waals surface area contributed by atoms with Gasteiger partial charge in [-0.1, -0.05) is 6.92 Å². The van der Waals surface area contributed by atoms with Crippen molar-refractivity contribution in [3.05, 3.63) is 27.8 Å². The minimum absolute atomic E-state index is 0.172. The highest BCUT2D eigenvalue weighted by Gasteiger charge is 2.20. The minimum Gasteiger partial charge on any atom is -0.397 e. The number of nitro groups is 1. The van der Waals surface area contributed by atoms with E-state index in [1.807, 2.05) is 0 Å². The number of carbonyl (C=O) groups is 1. The Labute approximate surface area is 109 Å². The van der Waals surface area contributed by atoms with Gasteiger partial charge in [0.15, 0.2) is 5.78 Å². The first-order chi connectivity index (χ1) is 8.51. The molecule has 0 bridgehead atoms. The van der Waals surface area contributed by atoms with Crippen molar-refractivity contribution in [1.29, 1.82) is 0 Å². The summed E-state index contributed by atoms with van der Waals surface area (Å²) >= 11 is 5.51. The number of Topliss-reactive ketones (excluding diaryl/α,β-unsaturated/α-hetero) is 1. The molecular formula is C11H14ClN3O3. The number of nitrogens with two attached hydrogens (primary N) is 1. The Hall–Kier alpha value is -1.82. The maximum atomic E-state index is 11.5. The minimum atomic E-state index is -0.570. The molecule has 3 N–H and O–H groups in total. The standard InChI is InChI=1S/C11H14ClN3O3/c1-2-10(16)7-5-8(13)11(14-4-3-12)9(6-7)15(17)18/h5-6,14H,2-4,13H2,1H3. The number of nitrogens with zero attached hydrogens (tertiary/aromatic N) is 1. The lowest BCUT2D eigenvalue weighted by Gasteiger charge is -2.10. The van der Waals surface area contributed by atoms with Gasteiger partial charge in [0.05, 0.1) is 10.6 Å². The molecule has 0 unspecified atom stereocenters. The number of ketones is 1. The Morgan fingerprint density at radius 2 is 2.22 bits per heavy atom. The van der Waals surface area contributed by atoms with Gasteiger partial charge in [-0.15, -0.1) is 11.6 Å². The Bertz CT molecular complexity index is 477. The van der Waals surface area contributed by atoms with E-state index >= 15 is 0 Å². The van der Waals surface area contributed by atoms with Crippen LogP contribution < -0.4 is 11.1 Å². The predicted molar refractivity (Wildman–Crippen MR) is 71.3 cm³/mol. The SMILES string of the molecule is CCC(=O)c1cc(N)c(NCCCl)c([N+](=O)[O-])c1. The number of hydrogen-bond acceptors (Lipinski definition) is 5. The van der Waals surface area contributed by atoms with Gasteiger partial charge in [-0.25, -0.2) is 0 Å². The molecule has 0 aliphatic rings. The van der Waals surface area contributed by atoms with Crippen molar-refractivity contribution in [2.45, 2.75) is 13.3 Å². The highest BCUT2D eigenvalue weighted by Crippen LogP contribution is 2.32. The van der Waals surface area contributed by atoms with E-state index in [0.717, 1.165) is 0 Å². The van der Waals surface area contributed by atoms with Crippen molar-refractivity contribution in [2.75, 3.05) is 23.5 Å². The van der Waals surface area contributed by atoms with E-state index < -0.39 is 4.92 Å². The first-order valence-electron chi connectivity index (χ1n) is 5.42. The Morgan fingerprint density at radius 1 is 1.56 bits per heavy atom. The highest BCUT2D eigenvalue weighted by molar-refractivity contribution is 6.18. The van der Waals surface area contributed by atoms with Gasteiger partial charge in [-0.2, -0.15) is 0 Å². The molecule has 0 heterocycles. The van der Waals surface area contributed by atoms with E-state index in [2.05, 4.69) is 5.32 Å².